The van der Waals surface area contributed by atoms with Crippen LogP contribution in [-0.2, 0) is 15.8 Å². The molecule has 0 aliphatic carbocycles. The van der Waals surface area contributed by atoms with E-state index in [9.17, 15) is 22.8 Å². The highest BCUT2D eigenvalue weighted by Gasteiger charge is 2.30. The Morgan fingerprint density at radius 1 is 1.00 bits per heavy atom. The van der Waals surface area contributed by atoms with Gasteiger partial charge in [0.1, 0.15) is 0 Å². The predicted molar refractivity (Wildman–Crippen MR) is 110 cm³/mol. The minimum atomic E-state index is -4.47. The monoisotopic (exact) mass is 424 g/mol. The highest BCUT2D eigenvalue weighted by molar-refractivity contribution is 8.00. The molecule has 2 N–H and O–H groups in total. The molecule has 0 bridgehead atoms. The van der Waals surface area contributed by atoms with Crippen molar-refractivity contribution in [3.05, 3.63) is 54.1 Å². The molecular formula is C21H23F3N2O2S. The highest BCUT2D eigenvalue weighted by Crippen LogP contribution is 2.32. The van der Waals surface area contributed by atoms with Crippen molar-refractivity contribution in [3.8, 4) is 0 Å². The molecule has 2 aromatic carbocycles. The number of carbonyl (C=O) groups excluding carboxylic acids is 2. The number of alkyl halides is 3. The molecule has 8 heteroatoms. The van der Waals surface area contributed by atoms with Crippen molar-refractivity contribution in [1.29, 1.82) is 0 Å². The van der Waals surface area contributed by atoms with Crippen LogP contribution in [-0.4, -0.2) is 17.1 Å². The molecular weight excluding hydrogens is 401 g/mol. The normalized spacial score (nSPS) is 12.3. The van der Waals surface area contributed by atoms with Crippen molar-refractivity contribution in [2.75, 3.05) is 10.6 Å². The number of thioether (sulfide) groups is 1. The van der Waals surface area contributed by atoms with Crippen LogP contribution in [0.3, 0.4) is 0 Å². The summed E-state index contributed by atoms with van der Waals surface area (Å²) in [6.07, 6.45) is -2.81. The van der Waals surface area contributed by atoms with Crippen molar-refractivity contribution in [1.82, 2.24) is 0 Å². The molecule has 2 aromatic rings. The number of amides is 2. The standard InChI is InChI=1S/C21H23F3N2O2S/c1-3-7-19(27)25-16-10-6-11-17(13-16)29-18(4-2)20(28)26-15-9-5-8-14(12-15)21(22,23)24/h5-6,8-13,18H,3-4,7H2,1-2H3,(H,25,27)(H,26,28). The summed E-state index contributed by atoms with van der Waals surface area (Å²) < 4.78 is 38.5. The average Bonchev–Trinajstić information content (AvgIpc) is 2.66. The Bertz CT molecular complexity index is 856. The van der Waals surface area contributed by atoms with Gasteiger partial charge < -0.3 is 10.6 Å². The maximum absolute atomic E-state index is 12.8. The van der Waals surface area contributed by atoms with Crippen molar-refractivity contribution in [3.63, 3.8) is 0 Å². The first kappa shape index (κ1) is 22.8. The molecule has 0 saturated carbocycles. The second kappa shape index (κ2) is 10.3. The Balaban J connectivity index is 2.06. The molecule has 0 aromatic heterocycles. The summed E-state index contributed by atoms with van der Waals surface area (Å²) >= 11 is 1.29. The summed E-state index contributed by atoms with van der Waals surface area (Å²) in [5.74, 6) is -0.457. The van der Waals surface area contributed by atoms with Crippen LogP contribution < -0.4 is 10.6 Å². The van der Waals surface area contributed by atoms with Gasteiger partial charge in [-0.05, 0) is 49.2 Å². The minimum absolute atomic E-state index is 0.0796. The molecule has 2 amide bonds. The van der Waals surface area contributed by atoms with Crippen LogP contribution in [0, 0.1) is 0 Å². The lowest BCUT2D eigenvalue weighted by molar-refractivity contribution is -0.137. The molecule has 2 rings (SSSR count). The second-order valence-corrected chi connectivity index (χ2v) is 7.68. The van der Waals surface area contributed by atoms with Gasteiger partial charge >= 0.3 is 6.18 Å². The Morgan fingerprint density at radius 3 is 2.28 bits per heavy atom. The van der Waals surface area contributed by atoms with Crippen LogP contribution in [0.2, 0.25) is 0 Å². The molecule has 1 atom stereocenters. The van der Waals surface area contributed by atoms with Crippen LogP contribution in [0.5, 0.6) is 0 Å². The first-order chi connectivity index (χ1) is 13.7. The smallest absolute Gasteiger partial charge is 0.326 e. The average molecular weight is 424 g/mol. The summed E-state index contributed by atoms with van der Waals surface area (Å²) in [6.45, 7) is 3.75. The molecule has 0 spiro atoms. The van der Waals surface area contributed by atoms with Gasteiger partial charge in [-0.3, -0.25) is 9.59 Å². The molecule has 156 valence electrons. The maximum atomic E-state index is 12.8. The summed E-state index contributed by atoms with van der Waals surface area (Å²) in [4.78, 5) is 25.1. The lowest BCUT2D eigenvalue weighted by Gasteiger charge is -2.16. The first-order valence-corrected chi connectivity index (χ1v) is 10.2. The number of nitrogens with one attached hydrogen (secondary N) is 2. The van der Waals surface area contributed by atoms with Gasteiger partial charge in [0.2, 0.25) is 11.8 Å². The molecule has 4 nitrogen and oxygen atoms in total. The zero-order chi connectivity index (χ0) is 21.4. The van der Waals surface area contributed by atoms with E-state index in [1.807, 2.05) is 19.9 Å². The van der Waals surface area contributed by atoms with E-state index in [0.29, 0.717) is 18.5 Å². The number of anilines is 2. The summed E-state index contributed by atoms with van der Waals surface area (Å²) in [5.41, 5.74) is -0.0717. The molecule has 0 fully saturated rings. The van der Waals surface area contributed by atoms with Crippen molar-refractivity contribution in [2.45, 2.75) is 49.4 Å². The van der Waals surface area contributed by atoms with E-state index >= 15 is 0 Å². The van der Waals surface area contributed by atoms with Gasteiger partial charge in [-0.25, -0.2) is 0 Å². The van der Waals surface area contributed by atoms with Crippen LogP contribution in [0.25, 0.3) is 0 Å². The fourth-order valence-electron chi connectivity index (χ4n) is 2.58. The van der Waals surface area contributed by atoms with Gasteiger partial charge in [0.15, 0.2) is 0 Å². The third-order valence-electron chi connectivity index (χ3n) is 3.99. The zero-order valence-electron chi connectivity index (χ0n) is 16.2. The van der Waals surface area contributed by atoms with Gasteiger partial charge in [0, 0.05) is 22.7 Å². The van der Waals surface area contributed by atoms with Crippen molar-refractivity contribution < 1.29 is 22.8 Å². The molecule has 1 unspecified atom stereocenters. The molecule has 0 aliphatic rings. The van der Waals surface area contributed by atoms with Gasteiger partial charge in [0.25, 0.3) is 0 Å². The lowest BCUT2D eigenvalue weighted by Crippen LogP contribution is -2.24. The van der Waals surface area contributed by atoms with Crippen LogP contribution in [0.4, 0.5) is 24.5 Å². The second-order valence-electron chi connectivity index (χ2n) is 6.41. The summed E-state index contributed by atoms with van der Waals surface area (Å²) in [6, 6.07) is 11.7. The van der Waals surface area contributed by atoms with Crippen molar-refractivity contribution >= 4 is 35.0 Å². The third-order valence-corrected chi connectivity index (χ3v) is 5.35. The Kier molecular flexibility index (Phi) is 8.13. The van der Waals surface area contributed by atoms with E-state index in [2.05, 4.69) is 10.6 Å². The van der Waals surface area contributed by atoms with Gasteiger partial charge in [-0.1, -0.05) is 26.0 Å². The predicted octanol–water partition coefficient (Wildman–Crippen LogP) is 5.95. The molecule has 0 aliphatic heterocycles. The topological polar surface area (TPSA) is 58.2 Å². The number of carbonyl (C=O) groups is 2. The number of hydrogen-bond donors (Lipinski definition) is 2. The fourth-order valence-corrected chi connectivity index (χ4v) is 3.59. The van der Waals surface area contributed by atoms with Crippen LogP contribution in [0.1, 0.15) is 38.7 Å². The van der Waals surface area contributed by atoms with Gasteiger partial charge in [0.05, 0.1) is 10.8 Å². The number of hydrogen-bond acceptors (Lipinski definition) is 3. The van der Waals surface area contributed by atoms with E-state index in [1.54, 1.807) is 18.2 Å². The quantitative estimate of drug-likeness (QED) is 0.515. The van der Waals surface area contributed by atoms with E-state index in [1.165, 1.54) is 23.9 Å². The summed E-state index contributed by atoms with van der Waals surface area (Å²) in [7, 11) is 0. The van der Waals surface area contributed by atoms with E-state index in [4.69, 9.17) is 0 Å². The molecule has 0 heterocycles. The minimum Gasteiger partial charge on any atom is -0.326 e. The Labute approximate surface area is 172 Å². The molecule has 29 heavy (non-hydrogen) atoms. The van der Waals surface area contributed by atoms with Gasteiger partial charge in [-0.2, -0.15) is 13.2 Å². The molecule has 0 radical (unpaired) electrons. The SMILES string of the molecule is CCCC(=O)Nc1cccc(SC(CC)C(=O)Nc2cccc(C(F)(F)F)c2)c1. The fraction of sp³-hybridized carbons (Fsp3) is 0.333. The number of halogens is 3. The first-order valence-electron chi connectivity index (χ1n) is 9.27. The van der Waals surface area contributed by atoms with E-state index in [0.717, 1.165) is 23.4 Å². The van der Waals surface area contributed by atoms with Crippen LogP contribution >= 0.6 is 11.8 Å². The van der Waals surface area contributed by atoms with Crippen molar-refractivity contribution in [2.24, 2.45) is 0 Å². The highest BCUT2D eigenvalue weighted by atomic mass is 32.2. The van der Waals surface area contributed by atoms with E-state index in [-0.39, 0.29) is 17.5 Å². The van der Waals surface area contributed by atoms with E-state index < -0.39 is 17.0 Å². The number of rotatable bonds is 8. The van der Waals surface area contributed by atoms with Gasteiger partial charge in [-0.15, -0.1) is 11.8 Å². The Morgan fingerprint density at radius 2 is 1.66 bits per heavy atom. The Hall–Kier alpha value is -2.48. The maximum Gasteiger partial charge on any atom is 0.416 e. The number of benzene rings is 2. The largest absolute Gasteiger partial charge is 0.416 e. The summed E-state index contributed by atoms with van der Waals surface area (Å²) in [5, 5.41) is 4.87. The lowest BCUT2D eigenvalue weighted by atomic mass is 10.2. The molecule has 0 saturated heterocycles. The van der Waals surface area contributed by atoms with Crippen LogP contribution in [0.15, 0.2) is 53.4 Å². The third kappa shape index (κ3) is 7.12. The zero-order valence-corrected chi connectivity index (χ0v) is 17.0.